The molecule has 0 spiro atoms. The van der Waals surface area contributed by atoms with Gasteiger partial charge >= 0.3 is 5.97 Å². The lowest BCUT2D eigenvalue weighted by atomic mass is 9.91. The number of nitrogens with zero attached hydrogens (tertiary/aromatic N) is 1. The van der Waals surface area contributed by atoms with Gasteiger partial charge in [-0.3, -0.25) is 4.90 Å². The minimum absolute atomic E-state index is 0.202. The maximum absolute atomic E-state index is 11.3. The number of likely N-dealkylation sites (tertiary alicyclic amines) is 1. The Morgan fingerprint density at radius 3 is 2.67 bits per heavy atom. The third-order valence-corrected chi connectivity index (χ3v) is 6.35. The Hall–Kier alpha value is -2.63. The lowest BCUT2D eigenvalue weighted by molar-refractivity contribution is -0.0137. The van der Waals surface area contributed by atoms with Crippen molar-refractivity contribution in [3.05, 3.63) is 70.4 Å². The number of nitrogens with one attached hydrogen (secondary N) is 1. The first-order chi connectivity index (χ1) is 14.5. The van der Waals surface area contributed by atoms with E-state index in [4.69, 9.17) is 4.74 Å². The molecule has 5 nitrogen and oxygen atoms in total. The number of aromatic carboxylic acids is 1. The summed E-state index contributed by atoms with van der Waals surface area (Å²) in [6.07, 6.45) is 4.19. The second-order valence-electron chi connectivity index (χ2n) is 8.27. The zero-order valence-electron chi connectivity index (χ0n) is 17.9. The molecule has 2 atom stereocenters. The highest BCUT2D eigenvalue weighted by atomic mass is 16.5. The SMILES string of the molecule is CCO[C@H]1CCN(Cc2c(C)cc(C)c3[nH]ccc23)[C@H](c2ccc(C(=O)O)cc2)C1. The molecule has 0 saturated carbocycles. The summed E-state index contributed by atoms with van der Waals surface area (Å²) in [4.78, 5) is 17.2. The van der Waals surface area contributed by atoms with Crippen LogP contribution in [0.25, 0.3) is 10.9 Å². The Morgan fingerprint density at radius 1 is 1.20 bits per heavy atom. The maximum atomic E-state index is 11.3. The first-order valence-corrected chi connectivity index (χ1v) is 10.7. The van der Waals surface area contributed by atoms with Crippen molar-refractivity contribution in [1.82, 2.24) is 9.88 Å². The number of carboxylic acid groups (broad SMARTS) is 1. The van der Waals surface area contributed by atoms with Crippen molar-refractivity contribution in [2.45, 2.75) is 52.3 Å². The number of hydrogen-bond acceptors (Lipinski definition) is 3. The van der Waals surface area contributed by atoms with Gasteiger partial charge in [0, 0.05) is 42.8 Å². The van der Waals surface area contributed by atoms with Crippen LogP contribution < -0.4 is 0 Å². The van der Waals surface area contributed by atoms with Gasteiger partial charge in [-0.05, 0) is 74.1 Å². The van der Waals surface area contributed by atoms with E-state index in [0.717, 1.165) is 38.1 Å². The summed E-state index contributed by atoms with van der Waals surface area (Å²) in [7, 11) is 0. The van der Waals surface area contributed by atoms with Gasteiger partial charge in [0.15, 0.2) is 0 Å². The Balaban J connectivity index is 1.67. The van der Waals surface area contributed by atoms with Crippen molar-refractivity contribution in [2.75, 3.05) is 13.2 Å². The van der Waals surface area contributed by atoms with E-state index in [9.17, 15) is 9.90 Å². The molecule has 3 aromatic rings. The molecule has 1 fully saturated rings. The Morgan fingerprint density at radius 2 is 1.97 bits per heavy atom. The van der Waals surface area contributed by atoms with Gasteiger partial charge in [0.2, 0.25) is 0 Å². The van der Waals surface area contributed by atoms with Crippen LogP contribution in [-0.4, -0.2) is 40.2 Å². The van der Waals surface area contributed by atoms with Crippen molar-refractivity contribution in [3.8, 4) is 0 Å². The molecule has 4 rings (SSSR count). The zero-order valence-corrected chi connectivity index (χ0v) is 17.9. The normalized spacial score (nSPS) is 20.0. The first kappa shape index (κ1) is 20.6. The topological polar surface area (TPSA) is 65.6 Å². The number of carboxylic acids is 1. The van der Waals surface area contributed by atoms with Gasteiger partial charge in [-0.25, -0.2) is 4.79 Å². The quantitative estimate of drug-likeness (QED) is 0.589. The van der Waals surface area contributed by atoms with Crippen LogP contribution in [0.5, 0.6) is 0 Å². The molecule has 0 unspecified atom stereocenters. The molecule has 2 aromatic carbocycles. The smallest absolute Gasteiger partial charge is 0.335 e. The molecular weight excluding hydrogens is 376 g/mol. The molecule has 2 N–H and O–H groups in total. The Bertz CT molecular complexity index is 1040. The van der Waals surface area contributed by atoms with E-state index in [1.807, 2.05) is 25.3 Å². The summed E-state index contributed by atoms with van der Waals surface area (Å²) < 4.78 is 5.97. The van der Waals surface area contributed by atoms with Gasteiger partial charge in [0.25, 0.3) is 0 Å². The number of H-pyrrole nitrogens is 1. The van der Waals surface area contributed by atoms with Crippen LogP contribution in [0.2, 0.25) is 0 Å². The molecule has 0 bridgehead atoms. The van der Waals surface area contributed by atoms with Crippen LogP contribution in [0, 0.1) is 13.8 Å². The third-order valence-electron chi connectivity index (χ3n) is 6.35. The lowest BCUT2D eigenvalue weighted by Gasteiger charge is -2.40. The van der Waals surface area contributed by atoms with E-state index in [0.29, 0.717) is 5.56 Å². The fourth-order valence-corrected chi connectivity index (χ4v) is 4.81. The molecule has 1 aliphatic heterocycles. The highest BCUT2D eigenvalue weighted by Gasteiger charge is 2.31. The second-order valence-corrected chi connectivity index (χ2v) is 8.27. The van der Waals surface area contributed by atoms with Gasteiger partial charge in [0.1, 0.15) is 0 Å². The summed E-state index contributed by atoms with van der Waals surface area (Å²) >= 11 is 0. The van der Waals surface area contributed by atoms with Gasteiger partial charge in [-0.15, -0.1) is 0 Å². The van der Waals surface area contributed by atoms with Crippen molar-refractivity contribution < 1.29 is 14.6 Å². The van der Waals surface area contributed by atoms with Gasteiger partial charge in [-0.2, -0.15) is 0 Å². The van der Waals surface area contributed by atoms with E-state index in [1.54, 1.807) is 12.1 Å². The number of aromatic amines is 1. The number of hydrogen-bond donors (Lipinski definition) is 2. The fraction of sp³-hybridized carbons (Fsp3) is 0.400. The van der Waals surface area contributed by atoms with E-state index < -0.39 is 5.97 Å². The molecular formula is C25H30N2O3. The fourth-order valence-electron chi connectivity index (χ4n) is 4.81. The Labute approximate surface area is 177 Å². The summed E-state index contributed by atoms with van der Waals surface area (Å²) in [6.45, 7) is 8.92. The van der Waals surface area contributed by atoms with Crippen molar-refractivity contribution in [3.63, 3.8) is 0 Å². The Kier molecular flexibility index (Phi) is 5.93. The molecule has 1 aliphatic rings. The average molecular weight is 407 g/mol. The van der Waals surface area contributed by atoms with Crippen LogP contribution >= 0.6 is 0 Å². The maximum Gasteiger partial charge on any atom is 0.335 e. The highest BCUT2D eigenvalue weighted by molar-refractivity contribution is 5.88. The van der Waals surface area contributed by atoms with Crippen molar-refractivity contribution >= 4 is 16.9 Å². The minimum Gasteiger partial charge on any atom is -0.478 e. The number of ether oxygens (including phenoxy) is 1. The van der Waals surface area contributed by atoms with Crippen molar-refractivity contribution in [2.24, 2.45) is 0 Å². The predicted molar refractivity (Wildman–Crippen MR) is 119 cm³/mol. The predicted octanol–water partition coefficient (Wildman–Crippen LogP) is 5.23. The number of aryl methyl sites for hydroxylation is 2. The molecule has 0 radical (unpaired) electrons. The van der Waals surface area contributed by atoms with Gasteiger partial charge in [-0.1, -0.05) is 18.2 Å². The molecule has 5 heteroatoms. The first-order valence-electron chi connectivity index (χ1n) is 10.7. The summed E-state index contributed by atoms with van der Waals surface area (Å²) in [5, 5.41) is 10.5. The largest absolute Gasteiger partial charge is 0.478 e. The summed E-state index contributed by atoms with van der Waals surface area (Å²) in [5.74, 6) is -0.889. The number of fused-ring (bicyclic) bond motifs is 1. The van der Waals surface area contributed by atoms with E-state index in [2.05, 4.69) is 35.9 Å². The number of benzene rings is 2. The highest BCUT2D eigenvalue weighted by Crippen LogP contribution is 2.36. The number of piperidine rings is 1. The summed E-state index contributed by atoms with van der Waals surface area (Å²) in [5.41, 5.74) is 6.63. The number of rotatable bonds is 6. The second kappa shape index (κ2) is 8.62. The molecule has 30 heavy (non-hydrogen) atoms. The lowest BCUT2D eigenvalue weighted by Crippen LogP contribution is -2.39. The van der Waals surface area contributed by atoms with Crippen LogP contribution in [0.1, 0.15) is 58.4 Å². The van der Waals surface area contributed by atoms with E-state index in [1.165, 1.54) is 27.6 Å². The van der Waals surface area contributed by atoms with Gasteiger partial charge in [0.05, 0.1) is 11.7 Å². The standard InChI is InChI=1S/C25H30N2O3/c1-4-30-20-10-12-27(23(14-20)18-5-7-19(8-6-18)25(28)29)15-22-16(2)13-17(3)24-21(22)9-11-26-24/h5-9,11,13,20,23,26H,4,10,12,14-15H2,1-3H3,(H,28,29)/t20-,23-/m0/s1. The molecule has 2 heterocycles. The van der Waals surface area contributed by atoms with E-state index >= 15 is 0 Å². The van der Waals surface area contributed by atoms with E-state index in [-0.39, 0.29) is 12.1 Å². The van der Waals surface area contributed by atoms with Gasteiger partial charge < -0.3 is 14.8 Å². The number of aromatic nitrogens is 1. The molecule has 1 saturated heterocycles. The molecule has 0 aliphatic carbocycles. The number of carbonyl (C=O) groups is 1. The summed E-state index contributed by atoms with van der Waals surface area (Å²) in [6, 6.07) is 12.0. The zero-order chi connectivity index (χ0) is 21.3. The molecule has 158 valence electrons. The monoisotopic (exact) mass is 406 g/mol. The van der Waals surface area contributed by atoms with Crippen LogP contribution in [-0.2, 0) is 11.3 Å². The van der Waals surface area contributed by atoms with Crippen LogP contribution in [0.3, 0.4) is 0 Å². The molecule has 1 aromatic heterocycles. The molecule has 0 amide bonds. The minimum atomic E-state index is -0.889. The van der Waals surface area contributed by atoms with Crippen molar-refractivity contribution in [1.29, 1.82) is 0 Å². The average Bonchev–Trinajstić information content (AvgIpc) is 3.22. The van der Waals surface area contributed by atoms with Crippen LogP contribution in [0.4, 0.5) is 0 Å². The third kappa shape index (κ3) is 4.00. The van der Waals surface area contributed by atoms with Crippen LogP contribution in [0.15, 0.2) is 42.6 Å².